The molecule has 0 aliphatic carbocycles. The molecular formula is C25H31ClF2N8O. The van der Waals surface area contributed by atoms with Crippen molar-refractivity contribution in [2.45, 2.75) is 19.4 Å². The normalized spacial score (nSPS) is 16.8. The molecule has 3 aromatic rings. The molecular weight excluding hydrogens is 502 g/mol. The fourth-order valence-corrected chi connectivity index (χ4v) is 4.63. The molecule has 2 aliphatic heterocycles. The van der Waals surface area contributed by atoms with Gasteiger partial charge in [0.05, 0.1) is 18.0 Å². The highest BCUT2D eigenvalue weighted by Gasteiger charge is 2.26. The maximum atomic E-state index is 13.5. The van der Waals surface area contributed by atoms with Crippen LogP contribution in [0.5, 0.6) is 0 Å². The Kier molecular flexibility index (Phi) is 8.25. The Bertz CT molecular complexity index is 1240. The monoisotopic (exact) mass is 532 g/mol. The van der Waals surface area contributed by atoms with Gasteiger partial charge in [-0.2, -0.15) is 15.1 Å². The molecule has 3 N–H and O–H groups in total. The third kappa shape index (κ3) is 6.00. The molecule has 2 aliphatic rings. The molecule has 1 aromatic carbocycles. The summed E-state index contributed by atoms with van der Waals surface area (Å²) in [5, 5.41) is 14.1. The van der Waals surface area contributed by atoms with Gasteiger partial charge in [-0.1, -0.05) is 19.1 Å². The van der Waals surface area contributed by atoms with Crippen LogP contribution in [0.4, 0.5) is 26.1 Å². The number of nitrogens with zero attached hydrogens (tertiary/aromatic N) is 7. The van der Waals surface area contributed by atoms with Gasteiger partial charge in [0.2, 0.25) is 0 Å². The van der Waals surface area contributed by atoms with Gasteiger partial charge >= 0.3 is 0 Å². The standard InChI is InChI=1S/C25H30F2N8O.ClH/c1-2-22-17(14-29-35(22)25-30-23(28)13-24(31-25)34-15-21(36)16-34)4-3-5-32-6-8-33(9-7-32)20-11-18(26)10-19(27)12-20;/h3-4,10-14,21,36H,2,5-9,15-16H2,1H3,(H2,28,30,31);1H/b4-3+;. The van der Waals surface area contributed by atoms with Crippen molar-refractivity contribution in [3.05, 3.63) is 59.4 Å². The number of nitrogen functional groups attached to an aromatic ring is 1. The number of aliphatic hydroxyl groups is 1. The van der Waals surface area contributed by atoms with Gasteiger partial charge < -0.3 is 20.6 Å². The fraction of sp³-hybridized carbons (Fsp3) is 0.400. The topological polar surface area (TPSA) is 99.6 Å². The van der Waals surface area contributed by atoms with E-state index in [-0.39, 0.29) is 18.5 Å². The van der Waals surface area contributed by atoms with Gasteiger partial charge in [-0.3, -0.25) is 4.90 Å². The number of β-amino-alcohol motifs (C(OH)–C–C–N with tert-alkyl or cyclic N) is 1. The zero-order valence-corrected chi connectivity index (χ0v) is 21.4. The summed E-state index contributed by atoms with van der Waals surface area (Å²) in [5.74, 6) is 0.333. The predicted molar refractivity (Wildman–Crippen MR) is 142 cm³/mol. The molecule has 12 heteroatoms. The molecule has 0 amide bonds. The van der Waals surface area contributed by atoms with Crippen LogP contribution in [0.3, 0.4) is 0 Å². The largest absolute Gasteiger partial charge is 0.389 e. The average molecular weight is 533 g/mol. The first-order valence-corrected chi connectivity index (χ1v) is 12.1. The number of anilines is 3. The van der Waals surface area contributed by atoms with E-state index in [1.807, 2.05) is 9.80 Å². The number of hydrogen-bond acceptors (Lipinski definition) is 8. The van der Waals surface area contributed by atoms with E-state index < -0.39 is 11.6 Å². The van der Waals surface area contributed by atoms with Crippen molar-refractivity contribution in [3.8, 4) is 5.95 Å². The van der Waals surface area contributed by atoms with Gasteiger partial charge in [-0.25, -0.2) is 13.5 Å². The number of aliphatic hydroxyl groups excluding tert-OH is 1. The molecule has 5 rings (SSSR count). The summed E-state index contributed by atoms with van der Waals surface area (Å²) in [6.07, 6.45) is 6.34. The summed E-state index contributed by atoms with van der Waals surface area (Å²) in [6.45, 7) is 6.87. The van der Waals surface area contributed by atoms with Crippen LogP contribution in [0, 0.1) is 11.6 Å². The van der Waals surface area contributed by atoms with Crippen molar-refractivity contribution in [2.75, 3.05) is 61.3 Å². The van der Waals surface area contributed by atoms with Crippen LogP contribution in [0.25, 0.3) is 12.0 Å². The molecule has 2 fully saturated rings. The van der Waals surface area contributed by atoms with Crippen molar-refractivity contribution in [1.29, 1.82) is 0 Å². The Morgan fingerprint density at radius 1 is 1.03 bits per heavy atom. The lowest BCUT2D eigenvalue weighted by atomic mass is 10.2. The molecule has 0 bridgehead atoms. The Morgan fingerprint density at radius 2 is 1.73 bits per heavy atom. The van der Waals surface area contributed by atoms with Crippen LogP contribution < -0.4 is 15.5 Å². The minimum Gasteiger partial charge on any atom is -0.389 e. The Morgan fingerprint density at radius 3 is 2.38 bits per heavy atom. The highest BCUT2D eigenvalue weighted by atomic mass is 35.5. The first kappa shape index (κ1) is 26.8. The number of rotatable bonds is 7. The number of hydrogen-bond donors (Lipinski definition) is 2. The van der Waals surface area contributed by atoms with Crippen molar-refractivity contribution in [3.63, 3.8) is 0 Å². The lowest BCUT2D eigenvalue weighted by molar-refractivity contribution is 0.141. The van der Waals surface area contributed by atoms with Gasteiger partial charge in [0.25, 0.3) is 5.95 Å². The van der Waals surface area contributed by atoms with E-state index in [1.165, 1.54) is 12.1 Å². The van der Waals surface area contributed by atoms with Crippen LogP contribution in [-0.4, -0.2) is 81.7 Å². The Labute approximate surface area is 220 Å². The first-order valence-electron chi connectivity index (χ1n) is 12.1. The third-order valence-electron chi connectivity index (χ3n) is 6.58. The summed E-state index contributed by atoms with van der Waals surface area (Å²) < 4.78 is 28.8. The van der Waals surface area contributed by atoms with E-state index >= 15 is 0 Å². The summed E-state index contributed by atoms with van der Waals surface area (Å²) in [7, 11) is 0. The van der Waals surface area contributed by atoms with Gasteiger partial charge in [0.15, 0.2) is 0 Å². The quantitative estimate of drug-likeness (QED) is 0.479. The summed E-state index contributed by atoms with van der Waals surface area (Å²) in [4.78, 5) is 15.3. The van der Waals surface area contributed by atoms with Gasteiger partial charge in [-0.05, 0) is 18.6 Å². The molecule has 198 valence electrons. The lowest BCUT2D eigenvalue weighted by Gasteiger charge is -2.36. The predicted octanol–water partition coefficient (Wildman–Crippen LogP) is 2.52. The lowest BCUT2D eigenvalue weighted by Crippen LogP contribution is -2.51. The van der Waals surface area contributed by atoms with E-state index in [0.717, 1.165) is 43.4 Å². The maximum absolute atomic E-state index is 13.5. The van der Waals surface area contributed by atoms with Crippen LogP contribution in [0.1, 0.15) is 18.2 Å². The highest BCUT2D eigenvalue weighted by Crippen LogP contribution is 2.23. The summed E-state index contributed by atoms with van der Waals surface area (Å²) >= 11 is 0. The number of nitrogens with two attached hydrogens (primary N) is 1. The maximum Gasteiger partial charge on any atom is 0.254 e. The minimum absolute atomic E-state index is 0. The van der Waals surface area contributed by atoms with Crippen molar-refractivity contribution < 1.29 is 13.9 Å². The fourth-order valence-electron chi connectivity index (χ4n) is 4.63. The van der Waals surface area contributed by atoms with Crippen molar-refractivity contribution in [2.24, 2.45) is 0 Å². The third-order valence-corrected chi connectivity index (χ3v) is 6.58. The van der Waals surface area contributed by atoms with Gasteiger partial charge in [0.1, 0.15) is 23.3 Å². The number of benzene rings is 1. The van der Waals surface area contributed by atoms with E-state index in [9.17, 15) is 13.9 Å². The second-order valence-corrected chi connectivity index (χ2v) is 9.14. The molecule has 0 spiro atoms. The minimum atomic E-state index is -0.554. The Balaban J connectivity index is 0.00000320. The van der Waals surface area contributed by atoms with E-state index in [2.05, 4.69) is 39.0 Å². The average Bonchev–Trinajstić information content (AvgIpc) is 3.24. The van der Waals surface area contributed by atoms with E-state index in [0.29, 0.717) is 49.5 Å². The van der Waals surface area contributed by atoms with Gasteiger partial charge in [0, 0.05) is 69.2 Å². The molecule has 2 saturated heterocycles. The summed E-state index contributed by atoms with van der Waals surface area (Å²) in [5.41, 5.74) is 8.57. The molecule has 4 heterocycles. The van der Waals surface area contributed by atoms with Crippen molar-refractivity contribution in [1.82, 2.24) is 24.6 Å². The Hall–Kier alpha value is -3.28. The SMILES string of the molecule is CCc1c(/C=C/CN2CCN(c3cc(F)cc(F)c3)CC2)cnn1-c1nc(N)cc(N2CC(O)C2)n1.Cl. The number of piperazine rings is 1. The van der Waals surface area contributed by atoms with E-state index in [4.69, 9.17) is 5.73 Å². The molecule has 2 aromatic heterocycles. The molecule has 0 saturated carbocycles. The van der Waals surface area contributed by atoms with Crippen LogP contribution >= 0.6 is 12.4 Å². The molecule has 9 nitrogen and oxygen atoms in total. The molecule has 0 radical (unpaired) electrons. The van der Waals surface area contributed by atoms with Crippen LogP contribution in [0.15, 0.2) is 36.5 Å². The zero-order chi connectivity index (χ0) is 25.2. The zero-order valence-electron chi connectivity index (χ0n) is 20.6. The first-order chi connectivity index (χ1) is 17.4. The van der Waals surface area contributed by atoms with Gasteiger partial charge in [-0.15, -0.1) is 12.4 Å². The van der Waals surface area contributed by atoms with Crippen LogP contribution in [0.2, 0.25) is 0 Å². The summed E-state index contributed by atoms with van der Waals surface area (Å²) in [6, 6.07) is 5.35. The number of aromatic nitrogens is 4. The second kappa shape index (κ2) is 11.4. The molecule has 37 heavy (non-hydrogen) atoms. The molecule has 0 unspecified atom stereocenters. The smallest absolute Gasteiger partial charge is 0.254 e. The highest BCUT2D eigenvalue weighted by molar-refractivity contribution is 5.85. The number of halogens is 3. The van der Waals surface area contributed by atoms with Crippen molar-refractivity contribution >= 4 is 35.8 Å². The second-order valence-electron chi connectivity index (χ2n) is 9.14. The van der Waals surface area contributed by atoms with Crippen LogP contribution in [-0.2, 0) is 6.42 Å². The van der Waals surface area contributed by atoms with E-state index in [1.54, 1.807) is 16.9 Å². The molecule has 0 atom stereocenters.